The lowest BCUT2D eigenvalue weighted by molar-refractivity contribution is 0.0948. The Morgan fingerprint density at radius 1 is 1.40 bits per heavy atom. The number of nitrogens with two attached hydrogens (primary N) is 1. The van der Waals surface area contributed by atoms with E-state index in [0.717, 1.165) is 18.7 Å². The fraction of sp³-hybridized carbons (Fsp3) is 0.500. The van der Waals surface area contributed by atoms with Gasteiger partial charge < -0.3 is 10.6 Å². The lowest BCUT2D eigenvalue weighted by Crippen LogP contribution is -2.28. The number of carbonyl (C=O) groups is 1. The molecule has 8 heteroatoms. The van der Waals surface area contributed by atoms with Gasteiger partial charge in [-0.1, -0.05) is 6.92 Å². The Kier molecular flexibility index (Phi) is 6.40. The molecule has 20 heavy (non-hydrogen) atoms. The van der Waals surface area contributed by atoms with Crippen LogP contribution in [0, 0.1) is 0 Å². The van der Waals surface area contributed by atoms with Gasteiger partial charge in [-0.05, 0) is 25.0 Å². The Labute approximate surface area is 119 Å². The van der Waals surface area contributed by atoms with Gasteiger partial charge in [0.05, 0.1) is 5.75 Å². The topological polar surface area (TPSA) is 114 Å². The Bertz CT molecular complexity index is 545. The fourth-order valence-electron chi connectivity index (χ4n) is 1.50. The van der Waals surface area contributed by atoms with Crippen LogP contribution in [0.2, 0.25) is 0 Å². The van der Waals surface area contributed by atoms with Crippen molar-refractivity contribution in [1.82, 2.24) is 10.3 Å². The fourth-order valence-corrected chi connectivity index (χ4v) is 2.05. The Morgan fingerprint density at radius 3 is 2.80 bits per heavy atom. The number of hydrogen-bond donors (Lipinski definition) is 3. The third kappa shape index (κ3) is 6.48. The number of pyridine rings is 1. The van der Waals surface area contributed by atoms with Crippen LogP contribution < -0.4 is 15.8 Å². The molecule has 0 aliphatic rings. The summed E-state index contributed by atoms with van der Waals surface area (Å²) in [5.74, 6) is -0.488. The lowest BCUT2D eigenvalue weighted by atomic mass is 10.3. The average molecular weight is 300 g/mol. The van der Waals surface area contributed by atoms with E-state index in [9.17, 15) is 13.2 Å². The number of amides is 1. The molecule has 1 heterocycles. The highest BCUT2D eigenvalue weighted by molar-refractivity contribution is 7.89. The van der Waals surface area contributed by atoms with E-state index in [0.29, 0.717) is 5.69 Å². The summed E-state index contributed by atoms with van der Waals surface area (Å²) in [6.07, 6.45) is 2.81. The van der Waals surface area contributed by atoms with E-state index >= 15 is 0 Å². The van der Waals surface area contributed by atoms with Gasteiger partial charge in [0.2, 0.25) is 10.0 Å². The molecule has 0 unspecified atom stereocenters. The smallest absolute Gasteiger partial charge is 0.269 e. The monoisotopic (exact) mass is 300 g/mol. The first-order valence-corrected chi connectivity index (χ1v) is 8.12. The number of primary sulfonamides is 1. The molecule has 4 N–H and O–H groups in total. The van der Waals surface area contributed by atoms with Crippen molar-refractivity contribution in [3.63, 3.8) is 0 Å². The van der Waals surface area contributed by atoms with Crippen LogP contribution in [0.4, 0.5) is 5.69 Å². The van der Waals surface area contributed by atoms with Crippen molar-refractivity contribution in [3.05, 3.63) is 24.0 Å². The van der Waals surface area contributed by atoms with Gasteiger partial charge in [-0.2, -0.15) is 0 Å². The van der Waals surface area contributed by atoms with E-state index in [4.69, 9.17) is 5.14 Å². The lowest BCUT2D eigenvalue weighted by Gasteiger charge is -2.07. The summed E-state index contributed by atoms with van der Waals surface area (Å²) in [5, 5.41) is 10.6. The zero-order valence-corrected chi connectivity index (χ0v) is 12.2. The first-order chi connectivity index (χ1) is 9.42. The number of sulfonamides is 1. The summed E-state index contributed by atoms with van der Waals surface area (Å²) in [7, 11) is -3.48. The predicted octanol–water partition coefficient (Wildman–Crippen LogP) is 0.312. The molecular formula is C12H20N4O3S. The number of rotatable bonds is 8. The van der Waals surface area contributed by atoms with Crippen LogP contribution in [0.5, 0.6) is 0 Å². The molecule has 7 nitrogen and oxygen atoms in total. The molecule has 0 atom stereocenters. The van der Waals surface area contributed by atoms with Crippen LogP contribution in [0.3, 0.4) is 0 Å². The van der Waals surface area contributed by atoms with Gasteiger partial charge in [0.1, 0.15) is 5.69 Å². The van der Waals surface area contributed by atoms with Crippen molar-refractivity contribution in [2.45, 2.75) is 19.8 Å². The predicted molar refractivity (Wildman–Crippen MR) is 77.9 cm³/mol. The summed E-state index contributed by atoms with van der Waals surface area (Å²) < 4.78 is 21.5. The summed E-state index contributed by atoms with van der Waals surface area (Å²) >= 11 is 0. The maximum Gasteiger partial charge on any atom is 0.269 e. The highest BCUT2D eigenvalue weighted by Crippen LogP contribution is 2.07. The molecule has 1 aromatic heterocycles. The minimum Gasteiger partial charge on any atom is -0.385 e. The van der Waals surface area contributed by atoms with Crippen molar-refractivity contribution in [1.29, 1.82) is 0 Å². The Morgan fingerprint density at radius 2 is 2.15 bits per heavy atom. The number of carbonyl (C=O) groups excluding carboxylic acids is 1. The van der Waals surface area contributed by atoms with Crippen LogP contribution in [0.25, 0.3) is 0 Å². The number of nitrogens with zero attached hydrogens (tertiary/aromatic N) is 1. The maximum absolute atomic E-state index is 11.8. The van der Waals surface area contributed by atoms with Gasteiger partial charge in [0.25, 0.3) is 5.91 Å². The third-order valence-corrected chi connectivity index (χ3v) is 3.32. The van der Waals surface area contributed by atoms with Crippen molar-refractivity contribution >= 4 is 21.6 Å². The van der Waals surface area contributed by atoms with Crippen LogP contribution in [0.15, 0.2) is 18.3 Å². The Hall–Kier alpha value is -1.67. The molecule has 0 saturated carbocycles. The first kappa shape index (κ1) is 16.4. The number of hydrogen-bond acceptors (Lipinski definition) is 5. The van der Waals surface area contributed by atoms with Crippen LogP contribution in [-0.2, 0) is 10.0 Å². The summed E-state index contributed by atoms with van der Waals surface area (Å²) in [6.45, 7) is 3.11. The van der Waals surface area contributed by atoms with Crippen LogP contribution in [-0.4, -0.2) is 38.2 Å². The van der Waals surface area contributed by atoms with Gasteiger partial charge in [0.15, 0.2) is 0 Å². The molecule has 0 bridgehead atoms. The molecular weight excluding hydrogens is 280 g/mol. The van der Waals surface area contributed by atoms with Crippen molar-refractivity contribution < 1.29 is 13.2 Å². The molecule has 0 saturated heterocycles. The second kappa shape index (κ2) is 7.81. The second-order valence-electron chi connectivity index (χ2n) is 4.33. The number of anilines is 1. The first-order valence-electron chi connectivity index (χ1n) is 6.41. The van der Waals surface area contributed by atoms with Gasteiger partial charge in [-0.3, -0.25) is 9.78 Å². The number of nitrogens with one attached hydrogen (secondary N) is 2. The van der Waals surface area contributed by atoms with E-state index in [-0.39, 0.29) is 24.6 Å². The highest BCUT2D eigenvalue weighted by atomic mass is 32.2. The third-order valence-electron chi connectivity index (χ3n) is 2.46. The zero-order valence-electron chi connectivity index (χ0n) is 11.4. The minimum absolute atomic E-state index is 0.154. The number of aromatic nitrogens is 1. The van der Waals surface area contributed by atoms with E-state index in [1.807, 2.05) is 6.92 Å². The molecule has 0 aliphatic carbocycles. The van der Waals surface area contributed by atoms with E-state index in [1.54, 1.807) is 18.3 Å². The SMILES string of the molecule is CCCNc1ccnc(C(=O)NCCCS(N)(=O)=O)c1. The van der Waals surface area contributed by atoms with E-state index < -0.39 is 10.0 Å². The average Bonchev–Trinajstić information content (AvgIpc) is 2.40. The maximum atomic E-state index is 11.8. The highest BCUT2D eigenvalue weighted by Gasteiger charge is 2.08. The molecule has 1 rings (SSSR count). The molecule has 0 aromatic carbocycles. The normalized spacial score (nSPS) is 11.1. The largest absolute Gasteiger partial charge is 0.385 e. The molecule has 0 radical (unpaired) electrons. The van der Waals surface area contributed by atoms with Gasteiger partial charge in [-0.15, -0.1) is 0 Å². The van der Waals surface area contributed by atoms with Crippen molar-refractivity contribution in [3.8, 4) is 0 Å². The molecule has 0 fully saturated rings. The Balaban J connectivity index is 2.46. The van der Waals surface area contributed by atoms with Gasteiger partial charge >= 0.3 is 0 Å². The minimum atomic E-state index is -3.48. The van der Waals surface area contributed by atoms with E-state index in [2.05, 4.69) is 15.6 Å². The van der Waals surface area contributed by atoms with Gasteiger partial charge in [-0.25, -0.2) is 13.6 Å². The van der Waals surface area contributed by atoms with Gasteiger partial charge in [0, 0.05) is 25.0 Å². The molecule has 1 aromatic rings. The molecule has 1 amide bonds. The molecule has 0 spiro atoms. The summed E-state index contributed by atoms with van der Waals surface area (Å²) in [5.41, 5.74) is 1.12. The molecule has 112 valence electrons. The summed E-state index contributed by atoms with van der Waals surface area (Å²) in [6, 6.07) is 3.44. The van der Waals surface area contributed by atoms with Crippen LogP contribution >= 0.6 is 0 Å². The summed E-state index contributed by atoms with van der Waals surface area (Å²) in [4.78, 5) is 15.8. The van der Waals surface area contributed by atoms with Crippen molar-refractivity contribution in [2.75, 3.05) is 24.2 Å². The van der Waals surface area contributed by atoms with Crippen LogP contribution in [0.1, 0.15) is 30.3 Å². The zero-order chi connectivity index (χ0) is 15.0. The van der Waals surface area contributed by atoms with Crippen molar-refractivity contribution in [2.24, 2.45) is 5.14 Å². The standard InChI is InChI=1S/C12H20N4O3S/c1-2-5-14-10-4-7-15-11(9-10)12(17)16-6-3-8-20(13,18)19/h4,7,9H,2-3,5-6,8H2,1H3,(H,14,15)(H,16,17)(H2,13,18,19). The quantitative estimate of drug-likeness (QED) is 0.598. The second-order valence-corrected chi connectivity index (χ2v) is 6.07. The molecule has 0 aliphatic heterocycles. The van der Waals surface area contributed by atoms with E-state index in [1.165, 1.54) is 0 Å².